The Hall–Kier alpha value is -3.10. The molecule has 9 heteroatoms. The van der Waals surface area contributed by atoms with Gasteiger partial charge in [-0.3, -0.25) is 4.79 Å². The Morgan fingerprint density at radius 1 is 1.16 bits per heavy atom. The number of ether oxygens (including phenoxy) is 2. The molecule has 0 radical (unpaired) electrons. The van der Waals surface area contributed by atoms with Crippen LogP contribution < -0.4 is 20.1 Å². The lowest BCUT2D eigenvalue weighted by Gasteiger charge is -2.25. The summed E-state index contributed by atoms with van der Waals surface area (Å²) in [5, 5.41) is 11.1. The Balaban J connectivity index is 1.72. The smallest absolute Gasteiger partial charge is 0.259 e. The highest BCUT2D eigenvalue weighted by Gasteiger charge is 2.27. The average molecular weight is 459 g/mol. The van der Waals surface area contributed by atoms with E-state index in [2.05, 4.69) is 15.7 Å². The fraction of sp³-hybridized carbons (Fsp3) is 0.304. The molecule has 4 rings (SSSR count). The van der Waals surface area contributed by atoms with Crippen LogP contribution >= 0.6 is 11.6 Å². The summed E-state index contributed by atoms with van der Waals surface area (Å²) in [6.45, 7) is 1.70. The molecule has 0 unspecified atom stereocenters. The Labute approximate surface area is 190 Å². The lowest BCUT2D eigenvalue weighted by molar-refractivity contribution is 0.102. The van der Waals surface area contributed by atoms with Crippen LogP contribution in [0.15, 0.2) is 42.6 Å². The van der Waals surface area contributed by atoms with Gasteiger partial charge in [0.2, 0.25) is 0 Å². The van der Waals surface area contributed by atoms with Crippen molar-refractivity contribution in [1.82, 2.24) is 15.1 Å². The standard InChI is InChI=1S/C23H24ClFN4O3/c1-31-20-12-21(32-2)19(11-18(20)24)28-23(30)17-13-27-29(16-5-3-15(25)4-6-16)22(17)14-7-9-26-10-8-14/h3-6,11-14,26H,7-10H2,1-2H3,(H,28,30). The van der Waals surface area contributed by atoms with Crippen LogP contribution in [0.1, 0.15) is 34.8 Å². The van der Waals surface area contributed by atoms with Crippen LogP contribution in [0, 0.1) is 5.82 Å². The molecule has 1 amide bonds. The fourth-order valence-electron chi connectivity index (χ4n) is 3.96. The van der Waals surface area contributed by atoms with Crippen LogP contribution in [0.2, 0.25) is 5.02 Å². The first kappa shape index (κ1) is 22.1. The molecule has 2 heterocycles. The summed E-state index contributed by atoms with van der Waals surface area (Å²) < 4.78 is 25.8. The van der Waals surface area contributed by atoms with Crippen molar-refractivity contribution in [2.24, 2.45) is 0 Å². The normalized spacial score (nSPS) is 14.2. The van der Waals surface area contributed by atoms with Crippen molar-refractivity contribution in [1.29, 1.82) is 0 Å². The molecule has 1 saturated heterocycles. The molecule has 32 heavy (non-hydrogen) atoms. The number of carbonyl (C=O) groups is 1. The van der Waals surface area contributed by atoms with E-state index in [0.717, 1.165) is 31.6 Å². The Morgan fingerprint density at radius 2 is 1.84 bits per heavy atom. The average Bonchev–Trinajstić information content (AvgIpc) is 3.26. The van der Waals surface area contributed by atoms with Gasteiger partial charge in [-0.05, 0) is 56.3 Å². The second kappa shape index (κ2) is 9.58. The molecule has 2 aromatic carbocycles. The number of halogens is 2. The quantitative estimate of drug-likeness (QED) is 0.572. The van der Waals surface area contributed by atoms with Crippen molar-refractivity contribution in [3.05, 3.63) is 64.7 Å². The molecule has 0 saturated carbocycles. The maximum Gasteiger partial charge on any atom is 0.259 e. The molecule has 0 spiro atoms. The first-order valence-corrected chi connectivity index (χ1v) is 10.7. The minimum atomic E-state index is -0.328. The fourth-order valence-corrected chi connectivity index (χ4v) is 4.20. The maximum atomic E-state index is 13.5. The number of nitrogens with zero attached hydrogens (tertiary/aromatic N) is 2. The van der Waals surface area contributed by atoms with E-state index in [1.165, 1.54) is 26.4 Å². The van der Waals surface area contributed by atoms with E-state index in [1.807, 2.05) is 0 Å². The molecule has 2 N–H and O–H groups in total. The zero-order chi connectivity index (χ0) is 22.7. The van der Waals surface area contributed by atoms with Crippen LogP contribution in [-0.4, -0.2) is 43.0 Å². The zero-order valence-corrected chi connectivity index (χ0v) is 18.6. The number of amides is 1. The second-order valence-corrected chi connectivity index (χ2v) is 7.90. The van der Waals surface area contributed by atoms with E-state index >= 15 is 0 Å². The summed E-state index contributed by atoms with van der Waals surface area (Å²) in [5.41, 5.74) is 2.38. The van der Waals surface area contributed by atoms with E-state index in [4.69, 9.17) is 21.1 Å². The van der Waals surface area contributed by atoms with Gasteiger partial charge in [0.15, 0.2) is 0 Å². The van der Waals surface area contributed by atoms with Crippen molar-refractivity contribution < 1.29 is 18.7 Å². The molecule has 1 aliphatic heterocycles. The predicted octanol–water partition coefficient (Wildman–Crippen LogP) is 4.40. The molecule has 1 aliphatic rings. The molecule has 7 nitrogen and oxygen atoms in total. The molecule has 0 bridgehead atoms. The number of nitrogens with one attached hydrogen (secondary N) is 2. The van der Waals surface area contributed by atoms with E-state index in [9.17, 15) is 9.18 Å². The van der Waals surface area contributed by atoms with E-state index < -0.39 is 0 Å². The largest absolute Gasteiger partial charge is 0.495 e. The topological polar surface area (TPSA) is 77.4 Å². The first-order valence-electron chi connectivity index (χ1n) is 10.3. The molecular weight excluding hydrogens is 435 g/mol. The van der Waals surface area contributed by atoms with Gasteiger partial charge in [0.25, 0.3) is 5.91 Å². The third-order valence-corrected chi connectivity index (χ3v) is 5.87. The molecule has 1 aromatic heterocycles. The number of anilines is 1. The summed E-state index contributed by atoms with van der Waals surface area (Å²) in [5.74, 6) is 0.345. The summed E-state index contributed by atoms with van der Waals surface area (Å²) >= 11 is 6.25. The van der Waals surface area contributed by atoms with Gasteiger partial charge in [-0.15, -0.1) is 0 Å². The summed E-state index contributed by atoms with van der Waals surface area (Å²) in [7, 11) is 3.01. The van der Waals surface area contributed by atoms with Gasteiger partial charge in [0, 0.05) is 12.0 Å². The van der Waals surface area contributed by atoms with Crippen molar-refractivity contribution >= 4 is 23.2 Å². The van der Waals surface area contributed by atoms with Gasteiger partial charge in [-0.1, -0.05) is 11.6 Å². The predicted molar refractivity (Wildman–Crippen MR) is 121 cm³/mol. The number of aromatic nitrogens is 2. The van der Waals surface area contributed by atoms with Crippen molar-refractivity contribution in [2.75, 3.05) is 32.6 Å². The molecule has 3 aromatic rings. The molecule has 0 aliphatic carbocycles. The number of methoxy groups -OCH3 is 2. The van der Waals surface area contributed by atoms with Gasteiger partial charge in [0.1, 0.15) is 17.3 Å². The van der Waals surface area contributed by atoms with Crippen LogP contribution in [0.4, 0.5) is 10.1 Å². The highest BCUT2D eigenvalue weighted by atomic mass is 35.5. The third kappa shape index (κ3) is 4.42. The Kier molecular flexibility index (Phi) is 6.62. The lowest BCUT2D eigenvalue weighted by Crippen LogP contribution is -2.29. The van der Waals surface area contributed by atoms with E-state index in [1.54, 1.807) is 35.1 Å². The zero-order valence-electron chi connectivity index (χ0n) is 17.8. The van der Waals surface area contributed by atoms with E-state index in [-0.39, 0.29) is 17.6 Å². The molecule has 168 valence electrons. The highest BCUT2D eigenvalue weighted by molar-refractivity contribution is 6.32. The van der Waals surface area contributed by atoms with Crippen LogP contribution in [-0.2, 0) is 0 Å². The number of hydrogen-bond donors (Lipinski definition) is 2. The molecule has 1 fully saturated rings. The summed E-state index contributed by atoms with van der Waals surface area (Å²) in [4.78, 5) is 13.3. The first-order chi connectivity index (χ1) is 15.5. The van der Waals surface area contributed by atoms with Crippen LogP contribution in [0.25, 0.3) is 5.69 Å². The lowest BCUT2D eigenvalue weighted by atomic mass is 9.91. The maximum absolute atomic E-state index is 13.5. The van der Waals surface area contributed by atoms with Crippen LogP contribution in [0.5, 0.6) is 11.5 Å². The van der Waals surface area contributed by atoms with Gasteiger partial charge in [-0.2, -0.15) is 5.10 Å². The van der Waals surface area contributed by atoms with Crippen molar-refractivity contribution in [2.45, 2.75) is 18.8 Å². The number of carbonyl (C=O) groups excluding carboxylic acids is 1. The van der Waals surface area contributed by atoms with Gasteiger partial charge >= 0.3 is 0 Å². The highest BCUT2D eigenvalue weighted by Crippen LogP contribution is 2.37. The Morgan fingerprint density at radius 3 is 2.50 bits per heavy atom. The van der Waals surface area contributed by atoms with Gasteiger partial charge in [-0.25, -0.2) is 9.07 Å². The van der Waals surface area contributed by atoms with Gasteiger partial charge < -0.3 is 20.1 Å². The monoisotopic (exact) mass is 458 g/mol. The number of benzene rings is 2. The third-order valence-electron chi connectivity index (χ3n) is 5.57. The Bertz CT molecular complexity index is 1110. The minimum absolute atomic E-state index is 0.130. The number of hydrogen-bond acceptors (Lipinski definition) is 5. The van der Waals surface area contributed by atoms with Crippen LogP contribution in [0.3, 0.4) is 0 Å². The molecular formula is C23H24ClFN4O3. The second-order valence-electron chi connectivity index (χ2n) is 7.50. The number of piperidine rings is 1. The summed E-state index contributed by atoms with van der Waals surface area (Å²) in [6.07, 6.45) is 3.28. The van der Waals surface area contributed by atoms with Crippen molar-refractivity contribution in [3.8, 4) is 17.2 Å². The van der Waals surface area contributed by atoms with E-state index in [0.29, 0.717) is 33.5 Å². The SMILES string of the molecule is COc1cc(OC)c(NC(=O)c2cnn(-c3ccc(F)cc3)c2C2CCNCC2)cc1Cl. The van der Waals surface area contributed by atoms with Gasteiger partial charge in [0.05, 0.1) is 48.1 Å². The summed E-state index contributed by atoms with van der Waals surface area (Å²) in [6, 6.07) is 9.28. The minimum Gasteiger partial charge on any atom is -0.495 e. The molecule has 0 atom stereocenters. The number of rotatable bonds is 6. The van der Waals surface area contributed by atoms with Crippen molar-refractivity contribution in [3.63, 3.8) is 0 Å².